The maximum atomic E-state index is 12.6. The number of ether oxygens (including phenoxy) is 1. The van der Waals surface area contributed by atoms with Crippen LogP contribution in [0.15, 0.2) is 72.8 Å². The predicted molar refractivity (Wildman–Crippen MR) is 122 cm³/mol. The van der Waals surface area contributed by atoms with Crippen LogP contribution in [-0.4, -0.2) is 31.8 Å². The highest BCUT2D eigenvalue weighted by Crippen LogP contribution is 2.47. The summed E-state index contributed by atoms with van der Waals surface area (Å²) in [7, 11) is -2.68. The number of alkyl halides is 1. The van der Waals surface area contributed by atoms with Gasteiger partial charge in [0, 0.05) is 0 Å². The van der Waals surface area contributed by atoms with Crippen molar-refractivity contribution in [3.63, 3.8) is 0 Å². The Labute approximate surface area is 182 Å². The predicted octanol–water partition coefficient (Wildman–Crippen LogP) is 4.20. The van der Waals surface area contributed by atoms with Gasteiger partial charge in [0.25, 0.3) is 8.32 Å². The quantitative estimate of drug-likeness (QED) is 0.284. The van der Waals surface area contributed by atoms with E-state index >= 15 is 0 Å². The van der Waals surface area contributed by atoms with E-state index < -0.39 is 13.7 Å². The number of rotatable bonds is 5. The minimum absolute atomic E-state index is 0.123. The molecule has 0 N–H and O–H groups in total. The van der Waals surface area contributed by atoms with Gasteiger partial charge in [0.2, 0.25) is 0 Å². The van der Waals surface area contributed by atoms with Crippen molar-refractivity contribution in [2.75, 3.05) is 6.61 Å². The summed E-state index contributed by atoms with van der Waals surface area (Å²) in [5.41, 5.74) is -0.695. The van der Waals surface area contributed by atoms with E-state index in [0.717, 1.165) is 6.42 Å². The molecular formula is C24H27BrO3Si. The van der Waals surface area contributed by atoms with E-state index in [-0.39, 0.29) is 21.9 Å². The van der Waals surface area contributed by atoms with Crippen LogP contribution in [0.25, 0.3) is 0 Å². The Balaban J connectivity index is 1.81. The number of allylic oxidation sites excluding steroid dienone is 1. The van der Waals surface area contributed by atoms with Crippen molar-refractivity contribution in [2.45, 2.75) is 43.2 Å². The molecule has 3 atom stereocenters. The van der Waals surface area contributed by atoms with Crippen LogP contribution >= 0.6 is 15.9 Å². The third-order valence-corrected chi connectivity index (χ3v) is 12.0. The third kappa shape index (κ3) is 3.24. The van der Waals surface area contributed by atoms with Gasteiger partial charge < -0.3 is 9.16 Å². The maximum Gasteiger partial charge on any atom is 0.322 e. The fraction of sp³-hybridized carbons (Fsp3) is 0.375. The second kappa shape index (κ2) is 7.53. The molecule has 29 heavy (non-hydrogen) atoms. The molecule has 0 aromatic heterocycles. The monoisotopic (exact) mass is 470 g/mol. The summed E-state index contributed by atoms with van der Waals surface area (Å²) >= 11 is 3.69. The second-order valence-corrected chi connectivity index (χ2v) is 14.5. The van der Waals surface area contributed by atoms with Crippen LogP contribution in [0.5, 0.6) is 0 Å². The van der Waals surface area contributed by atoms with Crippen molar-refractivity contribution in [3.8, 4) is 0 Å². The number of carbonyl (C=O) groups is 1. The number of hydrogen-bond donors (Lipinski definition) is 0. The van der Waals surface area contributed by atoms with Crippen LogP contribution in [-0.2, 0) is 14.0 Å². The van der Waals surface area contributed by atoms with E-state index in [1.54, 1.807) is 0 Å². The summed E-state index contributed by atoms with van der Waals surface area (Å²) in [4.78, 5) is 12.7. The summed E-state index contributed by atoms with van der Waals surface area (Å²) in [5.74, 6) is -0.180. The first-order chi connectivity index (χ1) is 13.8. The summed E-state index contributed by atoms with van der Waals surface area (Å²) in [5, 5.41) is 2.31. The van der Waals surface area contributed by atoms with Gasteiger partial charge in [-0.2, -0.15) is 0 Å². The van der Waals surface area contributed by atoms with Gasteiger partial charge in [-0.3, -0.25) is 4.79 Å². The van der Waals surface area contributed by atoms with Crippen molar-refractivity contribution in [1.82, 2.24) is 0 Å². The first-order valence-corrected chi connectivity index (χ1v) is 12.9. The van der Waals surface area contributed by atoms with Gasteiger partial charge in [0.1, 0.15) is 11.5 Å². The molecule has 1 aliphatic heterocycles. The first kappa shape index (κ1) is 20.6. The number of benzene rings is 2. The van der Waals surface area contributed by atoms with Crippen LogP contribution in [0.3, 0.4) is 0 Å². The number of esters is 1. The SMILES string of the molecule is CC(C)(C)[Si](OC[C@]12C=CC[C@H](Br)[C@H]1OC2=O)(c1ccccc1)c1ccccc1. The molecule has 2 aromatic rings. The van der Waals surface area contributed by atoms with Crippen molar-refractivity contribution in [2.24, 2.45) is 5.41 Å². The lowest BCUT2D eigenvalue weighted by atomic mass is 9.73. The van der Waals surface area contributed by atoms with E-state index in [9.17, 15) is 4.79 Å². The number of halogens is 1. The highest BCUT2D eigenvalue weighted by molar-refractivity contribution is 9.09. The van der Waals surface area contributed by atoms with E-state index in [1.807, 2.05) is 18.2 Å². The van der Waals surface area contributed by atoms with Crippen LogP contribution in [0, 0.1) is 5.41 Å². The Hall–Kier alpha value is -1.69. The molecule has 1 fully saturated rings. The Bertz CT molecular complexity index is 867. The average Bonchev–Trinajstić information content (AvgIpc) is 2.70. The molecule has 2 aliphatic rings. The Kier molecular flexibility index (Phi) is 5.34. The average molecular weight is 471 g/mol. The molecule has 1 aliphatic carbocycles. The molecular weight excluding hydrogens is 444 g/mol. The van der Waals surface area contributed by atoms with Crippen LogP contribution in [0.4, 0.5) is 0 Å². The van der Waals surface area contributed by atoms with Gasteiger partial charge in [-0.05, 0) is 21.8 Å². The molecule has 152 valence electrons. The topological polar surface area (TPSA) is 35.5 Å². The van der Waals surface area contributed by atoms with Crippen molar-refractivity contribution >= 4 is 40.6 Å². The highest BCUT2D eigenvalue weighted by atomic mass is 79.9. The Morgan fingerprint density at radius 1 is 1.07 bits per heavy atom. The van der Waals surface area contributed by atoms with Gasteiger partial charge >= 0.3 is 5.97 Å². The molecule has 1 heterocycles. The third-order valence-electron chi connectivity index (χ3n) is 6.17. The standard InChI is InChI=1S/C24H27BrO3Si/c1-23(2,3)29(18-11-6-4-7-12-18,19-13-8-5-9-14-19)27-17-24-16-10-15-20(25)21(24)28-22(24)26/h4-14,16,20-21H,15,17H2,1-3H3/t20-,21+,24+/m0/s1. The minimum Gasteiger partial charge on any atom is -0.459 e. The normalized spacial score (nSPS) is 26.4. The Morgan fingerprint density at radius 2 is 1.62 bits per heavy atom. The van der Waals surface area contributed by atoms with Gasteiger partial charge in [0.05, 0.1) is 11.4 Å². The molecule has 0 unspecified atom stereocenters. The lowest BCUT2D eigenvalue weighted by molar-refractivity contribution is -0.203. The molecule has 4 rings (SSSR count). The first-order valence-electron chi connectivity index (χ1n) is 10.1. The molecule has 0 radical (unpaired) electrons. The van der Waals surface area contributed by atoms with E-state index in [0.29, 0.717) is 6.61 Å². The maximum absolute atomic E-state index is 12.6. The molecule has 0 saturated carbocycles. The van der Waals surface area contributed by atoms with E-state index in [4.69, 9.17) is 9.16 Å². The van der Waals surface area contributed by atoms with Gasteiger partial charge in [-0.25, -0.2) is 0 Å². The zero-order valence-electron chi connectivity index (χ0n) is 17.1. The van der Waals surface area contributed by atoms with Crippen LogP contribution in [0.1, 0.15) is 27.2 Å². The highest BCUT2D eigenvalue weighted by Gasteiger charge is 2.62. The van der Waals surface area contributed by atoms with Gasteiger partial charge in [-0.1, -0.05) is 110 Å². The van der Waals surface area contributed by atoms with Gasteiger partial charge in [-0.15, -0.1) is 0 Å². The largest absolute Gasteiger partial charge is 0.459 e. The molecule has 0 spiro atoms. The summed E-state index contributed by atoms with van der Waals surface area (Å²) in [6.45, 7) is 7.08. The van der Waals surface area contributed by atoms with Crippen molar-refractivity contribution in [1.29, 1.82) is 0 Å². The van der Waals surface area contributed by atoms with Crippen LogP contribution < -0.4 is 10.4 Å². The fourth-order valence-electron chi connectivity index (χ4n) is 4.66. The summed E-state index contributed by atoms with van der Waals surface area (Å²) < 4.78 is 12.5. The lowest BCUT2D eigenvalue weighted by Gasteiger charge is -2.51. The number of fused-ring (bicyclic) bond motifs is 1. The number of hydrogen-bond acceptors (Lipinski definition) is 3. The molecule has 0 bridgehead atoms. The Morgan fingerprint density at radius 3 is 2.10 bits per heavy atom. The fourth-order valence-corrected chi connectivity index (χ4v) is 10.1. The van der Waals surface area contributed by atoms with E-state index in [1.165, 1.54) is 10.4 Å². The molecule has 3 nitrogen and oxygen atoms in total. The molecule has 2 aromatic carbocycles. The molecule has 5 heteroatoms. The van der Waals surface area contributed by atoms with E-state index in [2.05, 4.69) is 91.3 Å². The smallest absolute Gasteiger partial charge is 0.322 e. The zero-order chi connectivity index (χ0) is 20.7. The second-order valence-electron chi connectivity index (χ2n) is 8.97. The van der Waals surface area contributed by atoms with Gasteiger partial charge in [0.15, 0.2) is 0 Å². The number of carbonyl (C=O) groups excluding carboxylic acids is 1. The summed E-state index contributed by atoms with van der Waals surface area (Å²) in [6.07, 6.45) is 4.78. The lowest BCUT2D eigenvalue weighted by Crippen LogP contribution is -2.70. The molecule has 1 saturated heterocycles. The van der Waals surface area contributed by atoms with Crippen LogP contribution in [0.2, 0.25) is 5.04 Å². The zero-order valence-corrected chi connectivity index (χ0v) is 19.7. The van der Waals surface area contributed by atoms with Crippen molar-refractivity contribution < 1.29 is 14.0 Å². The minimum atomic E-state index is -2.68. The summed E-state index contributed by atoms with van der Waals surface area (Å²) in [6, 6.07) is 21.0. The molecule has 0 amide bonds. The van der Waals surface area contributed by atoms with Crippen molar-refractivity contribution in [3.05, 3.63) is 72.8 Å².